The van der Waals surface area contributed by atoms with Gasteiger partial charge in [0.2, 0.25) is 0 Å². The minimum Gasteiger partial charge on any atom is -0.370 e. The Kier molecular flexibility index (Phi) is 2.40. The first-order valence-corrected chi connectivity index (χ1v) is 6.47. The number of hydrogen-bond acceptors (Lipinski definition) is 4. The Morgan fingerprint density at radius 2 is 2.56 bits per heavy atom. The van der Waals surface area contributed by atoms with Gasteiger partial charge in [-0.2, -0.15) is 5.10 Å². The summed E-state index contributed by atoms with van der Waals surface area (Å²) < 4.78 is 2.08. The molecule has 1 unspecified atom stereocenters. The van der Waals surface area contributed by atoms with Crippen LogP contribution in [0.15, 0.2) is 17.8 Å². The lowest BCUT2D eigenvalue weighted by Crippen LogP contribution is -2.24. The van der Waals surface area contributed by atoms with Gasteiger partial charge in [0.25, 0.3) is 0 Å². The Balaban J connectivity index is 2.04. The van der Waals surface area contributed by atoms with Gasteiger partial charge in [0.05, 0.1) is 6.20 Å². The molecule has 0 aromatic carbocycles. The fourth-order valence-corrected chi connectivity index (χ4v) is 2.92. The van der Waals surface area contributed by atoms with Crippen LogP contribution in [-0.4, -0.2) is 21.3 Å². The zero-order valence-corrected chi connectivity index (χ0v) is 10.00. The van der Waals surface area contributed by atoms with E-state index in [0.717, 1.165) is 24.4 Å². The van der Waals surface area contributed by atoms with E-state index in [4.69, 9.17) is 0 Å². The van der Waals surface area contributed by atoms with Gasteiger partial charge in [-0.05, 0) is 12.8 Å². The van der Waals surface area contributed by atoms with Crippen molar-refractivity contribution in [2.24, 2.45) is 0 Å². The number of aromatic nitrogens is 3. The Morgan fingerprint density at radius 1 is 1.62 bits per heavy atom. The zero-order chi connectivity index (χ0) is 11.0. The third-order valence-corrected chi connectivity index (χ3v) is 3.87. The molecule has 84 valence electrons. The molecule has 0 radical (unpaired) electrons. The van der Waals surface area contributed by atoms with E-state index in [1.54, 1.807) is 11.3 Å². The van der Waals surface area contributed by atoms with Crippen LogP contribution in [0.2, 0.25) is 0 Å². The van der Waals surface area contributed by atoms with E-state index in [1.807, 2.05) is 17.8 Å². The van der Waals surface area contributed by atoms with Crippen molar-refractivity contribution in [2.75, 3.05) is 11.9 Å². The number of fused-ring (bicyclic) bond motifs is 1. The molecule has 2 aromatic rings. The molecular weight excluding hydrogens is 220 g/mol. The average Bonchev–Trinajstić information content (AvgIpc) is 2.97. The molecule has 0 saturated heterocycles. The number of nitrogens with zero attached hydrogens (tertiary/aromatic N) is 3. The van der Waals surface area contributed by atoms with E-state index in [1.165, 1.54) is 11.4 Å². The molecule has 4 nitrogen and oxygen atoms in total. The highest BCUT2D eigenvalue weighted by Crippen LogP contribution is 2.32. The van der Waals surface area contributed by atoms with Gasteiger partial charge in [0.1, 0.15) is 16.9 Å². The van der Waals surface area contributed by atoms with Gasteiger partial charge in [-0.1, -0.05) is 6.92 Å². The molecule has 5 heteroatoms. The third-order valence-electron chi connectivity index (χ3n) is 2.99. The van der Waals surface area contributed by atoms with Gasteiger partial charge >= 0.3 is 0 Å². The fourth-order valence-electron chi connectivity index (χ4n) is 2.16. The average molecular weight is 234 g/mol. The van der Waals surface area contributed by atoms with Gasteiger partial charge < -0.3 is 5.32 Å². The van der Waals surface area contributed by atoms with Crippen LogP contribution in [-0.2, 0) is 6.42 Å². The number of rotatable bonds is 2. The highest BCUT2D eigenvalue weighted by molar-refractivity contribution is 7.09. The lowest BCUT2D eigenvalue weighted by atomic mass is 10.1. The quantitative estimate of drug-likeness (QED) is 0.867. The molecule has 0 amide bonds. The van der Waals surface area contributed by atoms with Crippen molar-refractivity contribution in [1.29, 1.82) is 0 Å². The smallest absolute Gasteiger partial charge is 0.128 e. The van der Waals surface area contributed by atoms with Gasteiger partial charge in [-0.25, -0.2) is 9.67 Å². The molecule has 1 N–H and O–H groups in total. The topological polar surface area (TPSA) is 42.7 Å². The first-order valence-electron chi connectivity index (χ1n) is 5.59. The molecule has 3 rings (SSSR count). The maximum Gasteiger partial charge on any atom is 0.128 e. The van der Waals surface area contributed by atoms with E-state index in [9.17, 15) is 0 Å². The summed E-state index contributed by atoms with van der Waals surface area (Å²) >= 11 is 1.71. The summed E-state index contributed by atoms with van der Waals surface area (Å²) in [5.74, 6) is 1.17. The van der Waals surface area contributed by atoms with Crippen LogP contribution in [0.4, 0.5) is 5.82 Å². The molecule has 1 atom stereocenters. The van der Waals surface area contributed by atoms with E-state index >= 15 is 0 Å². The highest BCUT2D eigenvalue weighted by atomic mass is 32.1. The molecule has 0 spiro atoms. The number of thiazole rings is 1. The van der Waals surface area contributed by atoms with Crippen LogP contribution in [0.25, 0.3) is 0 Å². The summed E-state index contributed by atoms with van der Waals surface area (Å²) in [6.07, 6.45) is 5.92. The van der Waals surface area contributed by atoms with Crippen LogP contribution in [0.5, 0.6) is 0 Å². The summed E-state index contributed by atoms with van der Waals surface area (Å²) in [5, 5.41) is 11.1. The zero-order valence-electron chi connectivity index (χ0n) is 9.18. The molecule has 0 saturated carbocycles. The second-order valence-electron chi connectivity index (χ2n) is 3.92. The fraction of sp³-hybridized carbons (Fsp3) is 0.455. The van der Waals surface area contributed by atoms with E-state index in [-0.39, 0.29) is 0 Å². The van der Waals surface area contributed by atoms with Crippen LogP contribution >= 0.6 is 11.3 Å². The van der Waals surface area contributed by atoms with Crippen molar-refractivity contribution in [3.8, 4) is 0 Å². The van der Waals surface area contributed by atoms with Crippen molar-refractivity contribution in [3.05, 3.63) is 28.3 Å². The summed E-state index contributed by atoms with van der Waals surface area (Å²) in [5.41, 5.74) is 1.29. The maximum atomic E-state index is 4.49. The molecular formula is C11H14N4S. The molecule has 1 aliphatic heterocycles. The number of aryl methyl sites for hydroxylation is 1. The largest absolute Gasteiger partial charge is 0.370 e. The van der Waals surface area contributed by atoms with Crippen molar-refractivity contribution in [1.82, 2.24) is 14.8 Å². The van der Waals surface area contributed by atoms with Crippen molar-refractivity contribution >= 4 is 17.2 Å². The highest BCUT2D eigenvalue weighted by Gasteiger charge is 2.25. The van der Waals surface area contributed by atoms with E-state index < -0.39 is 0 Å². The monoisotopic (exact) mass is 234 g/mol. The summed E-state index contributed by atoms with van der Waals surface area (Å²) in [6.45, 7) is 3.16. The third kappa shape index (κ3) is 1.43. The Bertz CT molecular complexity index is 474. The van der Waals surface area contributed by atoms with Crippen molar-refractivity contribution in [3.63, 3.8) is 0 Å². The molecule has 0 fully saturated rings. The van der Waals surface area contributed by atoms with E-state index in [0.29, 0.717) is 6.04 Å². The molecule has 2 aromatic heterocycles. The van der Waals surface area contributed by atoms with E-state index in [2.05, 4.69) is 27.0 Å². The van der Waals surface area contributed by atoms with Crippen LogP contribution in [0, 0.1) is 0 Å². The summed E-state index contributed by atoms with van der Waals surface area (Å²) in [7, 11) is 0. The predicted octanol–water partition coefficient (Wildman–Crippen LogP) is 2.31. The normalized spacial score (nSPS) is 19.2. The lowest BCUT2D eigenvalue weighted by molar-refractivity contribution is 0.479. The second-order valence-corrected chi connectivity index (χ2v) is 4.84. The minimum atomic E-state index is 0.316. The summed E-state index contributed by atoms with van der Waals surface area (Å²) in [6, 6.07) is 0.316. The molecule has 16 heavy (non-hydrogen) atoms. The Morgan fingerprint density at radius 3 is 3.31 bits per heavy atom. The maximum absolute atomic E-state index is 4.49. The van der Waals surface area contributed by atoms with Crippen LogP contribution in [0.1, 0.15) is 30.0 Å². The standard InChI is InChI=1S/C11H14N4S/c1-2-8-7-14-15-9(3-4-12-10(8)15)11-13-5-6-16-11/h5-7,9,12H,2-4H2,1H3. The number of anilines is 1. The Hall–Kier alpha value is -1.36. The van der Waals surface area contributed by atoms with Gasteiger partial charge in [0, 0.05) is 23.7 Å². The SMILES string of the molecule is CCc1cnn2c1NCCC2c1nccs1. The molecule has 3 heterocycles. The second kappa shape index (κ2) is 3.90. The number of nitrogens with one attached hydrogen (secondary N) is 1. The molecule has 0 bridgehead atoms. The lowest BCUT2D eigenvalue weighted by Gasteiger charge is -2.24. The minimum absolute atomic E-state index is 0.316. The van der Waals surface area contributed by atoms with Gasteiger partial charge in [-0.3, -0.25) is 0 Å². The molecule has 0 aliphatic carbocycles. The van der Waals surface area contributed by atoms with Crippen LogP contribution in [0.3, 0.4) is 0 Å². The van der Waals surface area contributed by atoms with Crippen molar-refractivity contribution < 1.29 is 0 Å². The Labute approximate surface area is 98.3 Å². The number of hydrogen-bond donors (Lipinski definition) is 1. The predicted molar refractivity (Wildman–Crippen MR) is 65.0 cm³/mol. The van der Waals surface area contributed by atoms with Crippen molar-refractivity contribution in [2.45, 2.75) is 25.8 Å². The van der Waals surface area contributed by atoms with Gasteiger partial charge in [0.15, 0.2) is 0 Å². The van der Waals surface area contributed by atoms with Gasteiger partial charge in [-0.15, -0.1) is 11.3 Å². The summed E-state index contributed by atoms with van der Waals surface area (Å²) in [4.78, 5) is 4.40. The van der Waals surface area contributed by atoms with Crippen LogP contribution < -0.4 is 5.32 Å². The first kappa shape index (κ1) is 9.84. The molecule has 1 aliphatic rings. The first-order chi connectivity index (χ1) is 7.90.